The monoisotopic (exact) mass is 426 g/mol. The number of nitrogens with zero attached hydrogens (tertiary/aromatic N) is 2. The van der Waals surface area contributed by atoms with E-state index < -0.39 is 5.92 Å². The summed E-state index contributed by atoms with van der Waals surface area (Å²) in [5, 5.41) is 2.02. The zero-order chi connectivity index (χ0) is 21.3. The Morgan fingerprint density at radius 1 is 1.13 bits per heavy atom. The third kappa shape index (κ3) is 3.91. The van der Waals surface area contributed by atoms with Crippen molar-refractivity contribution in [2.24, 2.45) is 11.8 Å². The molecular formula is C24H30N2O3S. The zero-order valence-corrected chi connectivity index (χ0v) is 18.7. The van der Waals surface area contributed by atoms with Crippen molar-refractivity contribution >= 4 is 23.2 Å². The average Bonchev–Trinajstić information content (AvgIpc) is 3.26. The van der Waals surface area contributed by atoms with E-state index in [0.717, 1.165) is 30.0 Å². The molecule has 1 aromatic heterocycles. The number of methoxy groups -OCH3 is 1. The summed E-state index contributed by atoms with van der Waals surface area (Å²) in [5.41, 5.74) is 1.49. The van der Waals surface area contributed by atoms with Crippen LogP contribution < -0.4 is 0 Å². The highest BCUT2D eigenvalue weighted by Gasteiger charge is 2.46. The lowest BCUT2D eigenvalue weighted by molar-refractivity contribution is -0.137. The molecule has 30 heavy (non-hydrogen) atoms. The number of hydrogen-bond acceptors (Lipinski definition) is 4. The number of rotatable bonds is 5. The molecule has 0 saturated carbocycles. The van der Waals surface area contributed by atoms with E-state index in [1.54, 1.807) is 18.4 Å². The number of hydrogen-bond donors (Lipinski definition) is 0. The van der Waals surface area contributed by atoms with Gasteiger partial charge in [-0.25, -0.2) is 0 Å². The first-order valence-electron chi connectivity index (χ1n) is 10.7. The normalized spacial score (nSPS) is 26.6. The number of ether oxygens (including phenoxy) is 1. The van der Waals surface area contributed by atoms with Crippen LogP contribution >= 0.6 is 11.3 Å². The Morgan fingerprint density at radius 2 is 1.87 bits per heavy atom. The largest absolute Gasteiger partial charge is 0.383 e. The number of piperidine rings is 1. The summed E-state index contributed by atoms with van der Waals surface area (Å²) in [7, 11) is 1.64. The fourth-order valence-corrected chi connectivity index (χ4v) is 5.98. The Hall–Kier alpha value is -2.18. The van der Waals surface area contributed by atoms with Gasteiger partial charge < -0.3 is 14.5 Å². The van der Waals surface area contributed by atoms with Crippen LogP contribution in [-0.2, 0) is 9.53 Å². The van der Waals surface area contributed by atoms with Crippen LogP contribution in [0.5, 0.6) is 0 Å². The number of thiophene rings is 1. The van der Waals surface area contributed by atoms with Crippen LogP contribution in [0, 0.1) is 11.8 Å². The fraction of sp³-hybridized carbons (Fsp3) is 0.500. The first kappa shape index (κ1) is 21.1. The van der Waals surface area contributed by atoms with E-state index in [2.05, 4.69) is 13.8 Å². The lowest BCUT2D eigenvalue weighted by Gasteiger charge is -2.44. The summed E-state index contributed by atoms with van der Waals surface area (Å²) in [6, 6.07) is 11.4. The molecule has 0 bridgehead atoms. The minimum Gasteiger partial charge on any atom is -0.383 e. The third-order valence-electron chi connectivity index (χ3n) is 6.26. The Kier molecular flexibility index (Phi) is 6.25. The van der Waals surface area contributed by atoms with Gasteiger partial charge >= 0.3 is 0 Å². The van der Waals surface area contributed by atoms with Crippen molar-refractivity contribution in [2.75, 3.05) is 33.4 Å². The van der Waals surface area contributed by atoms with Crippen LogP contribution in [0.15, 0.2) is 41.8 Å². The summed E-state index contributed by atoms with van der Waals surface area (Å²) >= 11 is 1.61. The van der Waals surface area contributed by atoms with E-state index in [-0.39, 0.29) is 17.9 Å². The summed E-state index contributed by atoms with van der Waals surface area (Å²) in [6.07, 6.45) is 1.15. The standard InChI is InChI=1S/C24H30N2O3S/c1-16-13-17(2)15-25(14-16)24(28)21-18-7-4-5-8-19(18)23(27)26(10-11-29-3)22(21)20-9-6-12-30-20/h4-9,12,16-17,21-22H,10-11,13-15H2,1-3H3. The molecule has 3 heterocycles. The lowest BCUT2D eigenvalue weighted by Crippen LogP contribution is -2.51. The van der Waals surface area contributed by atoms with Crippen LogP contribution in [0.1, 0.15) is 53.0 Å². The summed E-state index contributed by atoms with van der Waals surface area (Å²) in [5.74, 6) is 0.692. The molecule has 0 radical (unpaired) electrons. The van der Waals surface area contributed by atoms with Crippen LogP contribution in [-0.4, -0.2) is 55.0 Å². The smallest absolute Gasteiger partial charge is 0.254 e. The molecule has 160 valence electrons. The second kappa shape index (κ2) is 8.90. The van der Waals surface area contributed by atoms with Gasteiger partial charge in [0.2, 0.25) is 5.91 Å². The van der Waals surface area contributed by atoms with E-state index >= 15 is 0 Å². The Balaban J connectivity index is 1.80. The molecule has 2 aliphatic rings. The molecule has 0 aliphatic carbocycles. The summed E-state index contributed by atoms with van der Waals surface area (Å²) in [6.45, 7) is 6.90. The molecule has 5 nitrogen and oxygen atoms in total. The first-order valence-corrected chi connectivity index (χ1v) is 11.6. The van der Waals surface area contributed by atoms with Crippen molar-refractivity contribution < 1.29 is 14.3 Å². The minimum absolute atomic E-state index is 0.0227. The zero-order valence-electron chi connectivity index (χ0n) is 17.9. The Bertz CT molecular complexity index is 888. The highest BCUT2D eigenvalue weighted by Crippen LogP contribution is 2.45. The minimum atomic E-state index is -0.396. The van der Waals surface area contributed by atoms with E-state index in [1.807, 2.05) is 51.6 Å². The number of likely N-dealkylation sites (tertiary alicyclic amines) is 1. The number of carbonyl (C=O) groups is 2. The van der Waals surface area contributed by atoms with Gasteiger partial charge in [-0.2, -0.15) is 0 Å². The lowest BCUT2D eigenvalue weighted by atomic mass is 9.80. The second-order valence-corrected chi connectivity index (χ2v) is 9.69. The van der Waals surface area contributed by atoms with Crippen LogP contribution in [0.2, 0.25) is 0 Å². The Labute approximate surface area is 182 Å². The first-order chi connectivity index (χ1) is 14.5. The maximum atomic E-state index is 14.0. The average molecular weight is 427 g/mol. The molecule has 4 rings (SSSR count). The van der Waals surface area contributed by atoms with Gasteiger partial charge in [-0.3, -0.25) is 9.59 Å². The van der Waals surface area contributed by atoms with Gasteiger partial charge in [0, 0.05) is 37.2 Å². The van der Waals surface area contributed by atoms with Gasteiger partial charge in [-0.1, -0.05) is 38.1 Å². The summed E-state index contributed by atoms with van der Waals surface area (Å²) in [4.78, 5) is 32.4. The molecule has 4 atom stereocenters. The molecule has 1 fully saturated rings. The van der Waals surface area contributed by atoms with Crippen molar-refractivity contribution in [3.63, 3.8) is 0 Å². The van der Waals surface area contributed by atoms with E-state index in [1.165, 1.54) is 0 Å². The Morgan fingerprint density at radius 3 is 2.53 bits per heavy atom. The topological polar surface area (TPSA) is 49.9 Å². The molecule has 4 unspecified atom stereocenters. The predicted molar refractivity (Wildman–Crippen MR) is 119 cm³/mol. The van der Waals surface area contributed by atoms with Gasteiger partial charge in [0.05, 0.1) is 18.6 Å². The predicted octanol–water partition coefficient (Wildman–Crippen LogP) is 4.18. The van der Waals surface area contributed by atoms with Gasteiger partial charge in [-0.05, 0) is 41.3 Å². The van der Waals surface area contributed by atoms with Crippen molar-refractivity contribution in [3.8, 4) is 0 Å². The van der Waals surface area contributed by atoms with Crippen molar-refractivity contribution in [1.29, 1.82) is 0 Å². The SMILES string of the molecule is COCCN1C(=O)c2ccccc2C(C(=O)N2CC(C)CC(C)C2)C1c1cccs1. The van der Waals surface area contributed by atoms with Crippen LogP contribution in [0.3, 0.4) is 0 Å². The van der Waals surface area contributed by atoms with Gasteiger partial charge in [-0.15, -0.1) is 11.3 Å². The molecular weight excluding hydrogens is 396 g/mol. The number of amides is 2. The molecule has 0 spiro atoms. The molecule has 6 heteroatoms. The van der Waals surface area contributed by atoms with Crippen molar-refractivity contribution in [3.05, 3.63) is 57.8 Å². The third-order valence-corrected chi connectivity index (χ3v) is 7.20. The molecule has 1 aromatic carbocycles. The molecule has 2 aliphatic heterocycles. The molecule has 2 aromatic rings. The van der Waals surface area contributed by atoms with Crippen molar-refractivity contribution in [1.82, 2.24) is 9.80 Å². The number of carbonyl (C=O) groups excluding carboxylic acids is 2. The maximum Gasteiger partial charge on any atom is 0.254 e. The van der Waals surface area contributed by atoms with E-state index in [9.17, 15) is 9.59 Å². The van der Waals surface area contributed by atoms with Gasteiger partial charge in [0.25, 0.3) is 5.91 Å². The highest BCUT2D eigenvalue weighted by molar-refractivity contribution is 7.10. The molecule has 2 amide bonds. The molecule has 1 saturated heterocycles. The maximum absolute atomic E-state index is 14.0. The quantitative estimate of drug-likeness (QED) is 0.721. The number of fused-ring (bicyclic) bond motifs is 1. The van der Waals surface area contributed by atoms with Crippen LogP contribution in [0.4, 0.5) is 0 Å². The van der Waals surface area contributed by atoms with Gasteiger partial charge in [0.1, 0.15) is 0 Å². The van der Waals surface area contributed by atoms with Crippen molar-refractivity contribution in [2.45, 2.75) is 32.2 Å². The summed E-state index contributed by atoms with van der Waals surface area (Å²) < 4.78 is 5.30. The fourth-order valence-electron chi connectivity index (χ4n) is 5.11. The second-order valence-electron chi connectivity index (χ2n) is 8.71. The number of benzene rings is 1. The highest BCUT2D eigenvalue weighted by atomic mass is 32.1. The van der Waals surface area contributed by atoms with Gasteiger partial charge in [0.15, 0.2) is 0 Å². The van der Waals surface area contributed by atoms with E-state index in [0.29, 0.717) is 30.6 Å². The van der Waals surface area contributed by atoms with Crippen LogP contribution in [0.25, 0.3) is 0 Å². The van der Waals surface area contributed by atoms with E-state index in [4.69, 9.17) is 4.74 Å². The molecule has 0 N–H and O–H groups in total.